The summed E-state index contributed by atoms with van der Waals surface area (Å²) in [6.45, 7) is 0. The van der Waals surface area contributed by atoms with E-state index in [-0.39, 0.29) is 17.5 Å². The van der Waals surface area contributed by atoms with Gasteiger partial charge < -0.3 is 11.1 Å². The molecule has 30 heavy (non-hydrogen) atoms. The average molecular weight is 436 g/mol. The lowest BCUT2D eigenvalue weighted by Crippen LogP contribution is -2.19. The van der Waals surface area contributed by atoms with Crippen LogP contribution in [0.2, 0.25) is 0 Å². The predicted molar refractivity (Wildman–Crippen MR) is 121 cm³/mol. The van der Waals surface area contributed by atoms with Crippen LogP contribution in [0, 0.1) is 0 Å². The SMILES string of the molecule is Nc1cc(=O)nc(SCC(=O)Nc2nc(-c3ccccc3)cs2)n1-c1ccccc1. The third kappa shape index (κ3) is 4.58. The number of rotatable bonds is 6. The monoisotopic (exact) mass is 435 g/mol. The summed E-state index contributed by atoms with van der Waals surface area (Å²) in [5.74, 6) is 0.0740. The van der Waals surface area contributed by atoms with Crippen LogP contribution in [-0.2, 0) is 4.79 Å². The number of carbonyl (C=O) groups excluding carboxylic acids is 1. The van der Waals surface area contributed by atoms with E-state index in [4.69, 9.17) is 5.73 Å². The van der Waals surface area contributed by atoms with Crippen LogP contribution in [0.5, 0.6) is 0 Å². The Morgan fingerprint density at radius 3 is 2.50 bits per heavy atom. The maximum absolute atomic E-state index is 12.4. The van der Waals surface area contributed by atoms with Gasteiger partial charge in [-0.25, -0.2) is 4.98 Å². The maximum atomic E-state index is 12.4. The average Bonchev–Trinajstić information content (AvgIpc) is 3.21. The molecule has 150 valence electrons. The minimum atomic E-state index is -0.449. The molecule has 0 atom stereocenters. The minimum absolute atomic E-state index is 0.0585. The zero-order valence-electron chi connectivity index (χ0n) is 15.7. The Hall–Kier alpha value is -3.43. The summed E-state index contributed by atoms with van der Waals surface area (Å²) in [4.78, 5) is 32.8. The molecular formula is C21H17N5O2S2. The number of nitrogens with two attached hydrogens (primary N) is 1. The largest absolute Gasteiger partial charge is 0.385 e. The number of hydrogen-bond donors (Lipinski definition) is 2. The molecule has 7 nitrogen and oxygen atoms in total. The van der Waals surface area contributed by atoms with Gasteiger partial charge >= 0.3 is 0 Å². The molecule has 4 aromatic rings. The van der Waals surface area contributed by atoms with Gasteiger partial charge in [-0.1, -0.05) is 60.3 Å². The molecule has 2 aromatic heterocycles. The number of nitrogens with one attached hydrogen (secondary N) is 1. The first-order valence-electron chi connectivity index (χ1n) is 8.99. The number of hydrogen-bond acceptors (Lipinski definition) is 7. The molecule has 3 N–H and O–H groups in total. The van der Waals surface area contributed by atoms with Crippen LogP contribution >= 0.6 is 23.1 Å². The third-order valence-electron chi connectivity index (χ3n) is 4.09. The molecule has 2 aromatic carbocycles. The van der Waals surface area contributed by atoms with E-state index in [2.05, 4.69) is 15.3 Å². The standard InChI is InChI=1S/C21H17N5O2S2/c22-17-11-18(27)25-21(26(17)15-9-5-2-6-10-15)30-13-19(28)24-20-23-16(12-29-20)14-7-3-1-4-8-14/h1-12H,13,22H2,(H,23,24,28). The molecule has 1 amide bonds. The van der Waals surface area contributed by atoms with E-state index in [1.54, 1.807) is 4.57 Å². The van der Waals surface area contributed by atoms with Crippen LogP contribution in [0.1, 0.15) is 0 Å². The molecule has 0 bridgehead atoms. The van der Waals surface area contributed by atoms with Crippen LogP contribution < -0.4 is 16.6 Å². The Labute approximate surface area is 180 Å². The van der Waals surface area contributed by atoms with Gasteiger partial charge in [-0.2, -0.15) is 4.98 Å². The summed E-state index contributed by atoms with van der Waals surface area (Å²) in [7, 11) is 0. The number of thioether (sulfide) groups is 1. The molecule has 0 unspecified atom stereocenters. The van der Waals surface area contributed by atoms with E-state index in [9.17, 15) is 9.59 Å². The van der Waals surface area contributed by atoms with Crippen molar-refractivity contribution in [3.8, 4) is 16.9 Å². The highest BCUT2D eigenvalue weighted by molar-refractivity contribution is 7.99. The highest BCUT2D eigenvalue weighted by atomic mass is 32.2. The molecule has 0 aliphatic heterocycles. The normalized spacial score (nSPS) is 10.7. The van der Waals surface area contributed by atoms with Crippen molar-refractivity contribution in [1.29, 1.82) is 0 Å². The van der Waals surface area contributed by atoms with Gasteiger partial charge in [0, 0.05) is 22.7 Å². The van der Waals surface area contributed by atoms with E-state index in [0.29, 0.717) is 10.3 Å². The summed E-state index contributed by atoms with van der Waals surface area (Å²) in [6.07, 6.45) is 0. The highest BCUT2D eigenvalue weighted by Gasteiger charge is 2.14. The first-order chi connectivity index (χ1) is 14.6. The number of nitrogens with zero attached hydrogens (tertiary/aromatic N) is 3. The summed E-state index contributed by atoms with van der Waals surface area (Å²) in [5.41, 5.74) is 8.15. The fraction of sp³-hybridized carbons (Fsp3) is 0.0476. The van der Waals surface area contributed by atoms with Crippen molar-refractivity contribution in [2.24, 2.45) is 0 Å². The van der Waals surface area contributed by atoms with E-state index in [0.717, 1.165) is 28.7 Å². The number of anilines is 2. The van der Waals surface area contributed by atoms with Gasteiger partial charge in [0.15, 0.2) is 10.3 Å². The first-order valence-corrected chi connectivity index (χ1v) is 10.9. The van der Waals surface area contributed by atoms with Crippen LogP contribution in [0.15, 0.2) is 82.1 Å². The van der Waals surface area contributed by atoms with Crippen molar-refractivity contribution in [3.05, 3.63) is 82.5 Å². The predicted octanol–water partition coefficient (Wildman–Crippen LogP) is 3.67. The summed E-state index contributed by atoms with van der Waals surface area (Å²) < 4.78 is 1.65. The molecule has 0 spiro atoms. The molecule has 2 heterocycles. The molecule has 4 rings (SSSR count). The van der Waals surface area contributed by atoms with Crippen molar-refractivity contribution < 1.29 is 4.79 Å². The van der Waals surface area contributed by atoms with Crippen molar-refractivity contribution in [3.63, 3.8) is 0 Å². The molecule has 0 saturated carbocycles. The summed E-state index contributed by atoms with van der Waals surface area (Å²) in [5, 5.41) is 5.55. The Morgan fingerprint density at radius 1 is 1.07 bits per heavy atom. The number of aromatic nitrogens is 3. The molecule has 9 heteroatoms. The van der Waals surface area contributed by atoms with Gasteiger partial charge in [0.05, 0.1) is 11.4 Å². The van der Waals surface area contributed by atoms with Crippen molar-refractivity contribution in [1.82, 2.24) is 14.5 Å². The fourth-order valence-corrected chi connectivity index (χ4v) is 4.33. The molecule has 0 fully saturated rings. The minimum Gasteiger partial charge on any atom is -0.385 e. The zero-order chi connectivity index (χ0) is 20.9. The van der Waals surface area contributed by atoms with Gasteiger partial charge in [-0.3, -0.25) is 14.2 Å². The number of benzene rings is 2. The van der Waals surface area contributed by atoms with E-state index < -0.39 is 5.56 Å². The van der Waals surface area contributed by atoms with Crippen LogP contribution in [0.4, 0.5) is 10.9 Å². The smallest absolute Gasteiger partial charge is 0.275 e. The number of nitrogen functional groups attached to an aromatic ring is 1. The second-order valence-corrected chi connectivity index (χ2v) is 8.01. The molecule has 0 radical (unpaired) electrons. The lowest BCUT2D eigenvalue weighted by Gasteiger charge is -2.14. The summed E-state index contributed by atoms with van der Waals surface area (Å²) >= 11 is 2.49. The highest BCUT2D eigenvalue weighted by Crippen LogP contribution is 2.26. The molecule has 0 saturated heterocycles. The topological polar surface area (TPSA) is 103 Å². The van der Waals surface area contributed by atoms with E-state index >= 15 is 0 Å². The number of thiazole rings is 1. The van der Waals surface area contributed by atoms with Crippen molar-refractivity contribution in [2.45, 2.75) is 5.16 Å². The van der Waals surface area contributed by atoms with Crippen LogP contribution in [0.3, 0.4) is 0 Å². The van der Waals surface area contributed by atoms with E-state index in [1.807, 2.05) is 66.0 Å². The number of amides is 1. The second-order valence-electron chi connectivity index (χ2n) is 6.21. The second kappa shape index (κ2) is 8.93. The fourth-order valence-electron chi connectivity index (χ4n) is 2.77. The Balaban J connectivity index is 1.47. The van der Waals surface area contributed by atoms with Gasteiger partial charge in [-0.05, 0) is 12.1 Å². The Morgan fingerprint density at radius 2 is 1.77 bits per heavy atom. The Bertz CT molecular complexity index is 1220. The lowest BCUT2D eigenvalue weighted by atomic mass is 10.2. The molecule has 0 aliphatic carbocycles. The van der Waals surface area contributed by atoms with Gasteiger partial charge in [0.1, 0.15) is 5.82 Å². The van der Waals surface area contributed by atoms with Crippen LogP contribution in [0.25, 0.3) is 16.9 Å². The zero-order valence-corrected chi connectivity index (χ0v) is 17.3. The Kier molecular flexibility index (Phi) is 5.92. The van der Waals surface area contributed by atoms with Crippen molar-refractivity contribution in [2.75, 3.05) is 16.8 Å². The van der Waals surface area contributed by atoms with Gasteiger partial charge in [-0.15, -0.1) is 11.3 Å². The number of para-hydroxylation sites is 1. The van der Waals surface area contributed by atoms with Crippen LogP contribution in [-0.4, -0.2) is 26.2 Å². The molecule has 0 aliphatic rings. The summed E-state index contributed by atoms with van der Waals surface area (Å²) in [6, 6.07) is 20.3. The van der Waals surface area contributed by atoms with Crippen molar-refractivity contribution >= 4 is 40.0 Å². The first kappa shape index (κ1) is 19.9. The quantitative estimate of drug-likeness (QED) is 0.354. The van der Waals surface area contributed by atoms with E-state index in [1.165, 1.54) is 17.4 Å². The number of carbonyl (C=O) groups is 1. The lowest BCUT2D eigenvalue weighted by molar-refractivity contribution is -0.113. The third-order valence-corrected chi connectivity index (χ3v) is 5.79. The molecular weight excluding hydrogens is 418 g/mol. The maximum Gasteiger partial charge on any atom is 0.275 e. The van der Waals surface area contributed by atoms with Gasteiger partial charge in [0.2, 0.25) is 5.91 Å². The van der Waals surface area contributed by atoms with Gasteiger partial charge in [0.25, 0.3) is 5.56 Å².